The number of fused-ring (bicyclic) bond motifs is 1. The molecule has 3 rings (SSSR count). The van der Waals surface area contributed by atoms with Crippen LogP contribution in [-0.2, 0) is 4.74 Å². The molecule has 112 valence electrons. The fraction of sp³-hybridized carbons (Fsp3) is 0.0714. The molecule has 2 heterocycles. The molecule has 0 amide bonds. The molecule has 0 fully saturated rings. The van der Waals surface area contributed by atoms with Gasteiger partial charge in [0.1, 0.15) is 16.1 Å². The highest BCUT2D eigenvalue weighted by atomic mass is 35.5. The third kappa shape index (κ3) is 2.77. The van der Waals surface area contributed by atoms with Gasteiger partial charge in [-0.2, -0.15) is 0 Å². The number of nitrogens with zero attached hydrogens (tertiary/aromatic N) is 2. The van der Waals surface area contributed by atoms with Crippen molar-refractivity contribution in [2.45, 2.75) is 9.92 Å². The largest absolute Gasteiger partial charge is 0.465 e. The van der Waals surface area contributed by atoms with E-state index in [1.54, 1.807) is 18.3 Å². The first-order valence-corrected chi connectivity index (χ1v) is 7.71. The van der Waals surface area contributed by atoms with Crippen LogP contribution in [0.1, 0.15) is 10.4 Å². The lowest BCUT2D eigenvalue weighted by Gasteiger charge is -2.05. The minimum atomic E-state index is -0.469. The Morgan fingerprint density at radius 3 is 2.95 bits per heavy atom. The summed E-state index contributed by atoms with van der Waals surface area (Å²) in [6.45, 7) is 0. The van der Waals surface area contributed by atoms with Gasteiger partial charge in [0.15, 0.2) is 5.65 Å². The molecule has 0 unspecified atom stereocenters. The lowest BCUT2D eigenvalue weighted by Crippen LogP contribution is -2.00. The van der Waals surface area contributed by atoms with Gasteiger partial charge in [-0.05, 0) is 12.1 Å². The number of hydrogen-bond acceptors (Lipinski definition) is 5. The molecular weight excluding hydrogens is 345 g/mol. The fourth-order valence-corrected chi connectivity index (χ4v) is 3.15. The standard InChI is InChI=1S/C14H9Cl2N3O2S/c1-21-14(20)7-5-17-13-12(7)19-10(6-18-13)22-9-4-2-3-8(15)11(9)16/h2-6H,1H3,(H,17,18). The van der Waals surface area contributed by atoms with E-state index in [1.165, 1.54) is 25.1 Å². The van der Waals surface area contributed by atoms with E-state index in [2.05, 4.69) is 15.0 Å². The molecule has 0 saturated carbocycles. The summed E-state index contributed by atoms with van der Waals surface area (Å²) in [6, 6.07) is 5.35. The Labute approximate surface area is 140 Å². The van der Waals surface area contributed by atoms with Crippen LogP contribution in [0.5, 0.6) is 0 Å². The van der Waals surface area contributed by atoms with E-state index < -0.39 is 5.97 Å². The molecule has 0 atom stereocenters. The minimum absolute atomic E-state index is 0.338. The van der Waals surface area contributed by atoms with Crippen molar-refractivity contribution < 1.29 is 9.53 Å². The lowest BCUT2D eigenvalue weighted by molar-refractivity contribution is 0.0603. The van der Waals surface area contributed by atoms with E-state index in [1.807, 2.05) is 6.07 Å². The number of nitrogens with one attached hydrogen (secondary N) is 1. The van der Waals surface area contributed by atoms with Gasteiger partial charge in [0.25, 0.3) is 0 Å². The highest BCUT2D eigenvalue weighted by Gasteiger charge is 2.16. The zero-order chi connectivity index (χ0) is 15.7. The van der Waals surface area contributed by atoms with Gasteiger partial charge in [0.2, 0.25) is 0 Å². The molecule has 1 aromatic carbocycles. The first kappa shape index (κ1) is 15.1. The van der Waals surface area contributed by atoms with Crippen LogP contribution >= 0.6 is 35.0 Å². The predicted molar refractivity (Wildman–Crippen MR) is 85.8 cm³/mol. The number of aromatic nitrogens is 3. The van der Waals surface area contributed by atoms with Crippen LogP contribution in [0.3, 0.4) is 0 Å². The monoisotopic (exact) mass is 353 g/mol. The van der Waals surface area contributed by atoms with Crippen molar-refractivity contribution in [3.8, 4) is 0 Å². The van der Waals surface area contributed by atoms with Gasteiger partial charge < -0.3 is 9.72 Å². The van der Waals surface area contributed by atoms with Crippen molar-refractivity contribution >= 4 is 52.1 Å². The van der Waals surface area contributed by atoms with Gasteiger partial charge in [-0.1, -0.05) is 41.0 Å². The molecule has 0 spiro atoms. The number of hydrogen-bond donors (Lipinski definition) is 1. The Kier molecular flexibility index (Phi) is 4.24. The summed E-state index contributed by atoms with van der Waals surface area (Å²) in [5, 5.41) is 1.53. The summed E-state index contributed by atoms with van der Waals surface area (Å²) >= 11 is 13.5. The van der Waals surface area contributed by atoms with Crippen molar-refractivity contribution in [1.29, 1.82) is 0 Å². The first-order valence-electron chi connectivity index (χ1n) is 6.14. The number of ether oxygens (including phenoxy) is 1. The van der Waals surface area contributed by atoms with E-state index in [0.717, 1.165) is 4.90 Å². The van der Waals surface area contributed by atoms with Crippen molar-refractivity contribution in [3.05, 3.63) is 46.2 Å². The SMILES string of the molecule is COC(=O)c1c[nH]c2ncc(Sc3cccc(Cl)c3Cl)nc12. The lowest BCUT2D eigenvalue weighted by atomic mass is 10.3. The molecule has 2 aromatic heterocycles. The van der Waals surface area contributed by atoms with Gasteiger partial charge in [-0.3, -0.25) is 0 Å². The molecule has 22 heavy (non-hydrogen) atoms. The summed E-state index contributed by atoms with van der Waals surface area (Å²) in [5.41, 5.74) is 1.31. The zero-order valence-electron chi connectivity index (χ0n) is 11.3. The Balaban J connectivity index is 2.01. The topological polar surface area (TPSA) is 67.9 Å². The smallest absolute Gasteiger partial charge is 0.341 e. The van der Waals surface area contributed by atoms with Crippen LogP contribution in [0.4, 0.5) is 0 Å². The van der Waals surface area contributed by atoms with Crippen LogP contribution in [0.25, 0.3) is 11.2 Å². The molecule has 0 aliphatic rings. The number of H-pyrrole nitrogens is 1. The number of rotatable bonds is 3. The maximum atomic E-state index is 11.7. The molecule has 8 heteroatoms. The molecule has 0 radical (unpaired) electrons. The van der Waals surface area contributed by atoms with E-state index in [4.69, 9.17) is 27.9 Å². The van der Waals surface area contributed by atoms with E-state index in [0.29, 0.717) is 31.8 Å². The summed E-state index contributed by atoms with van der Waals surface area (Å²) < 4.78 is 4.72. The van der Waals surface area contributed by atoms with Crippen molar-refractivity contribution in [3.63, 3.8) is 0 Å². The highest BCUT2D eigenvalue weighted by Crippen LogP contribution is 2.36. The number of aromatic amines is 1. The molecule has 5 nitrogen and oxygen atoms in total. The number of esters is 1. The molecule has 0 aliphatic carbocycles. The molecule has 3 aromatic rings. The Morgan fingerprint density at radius 2 is 2.18 bits per heavy atom. The van der Waals surface area contributed by atoms with Gasteiger partial charge in [-0.15, -0.1) is 0 Å². The predicted octanol–water partition coefficient (Wildman–Crippen LogP) is 4.20. The van der Waals surface area contributed by atoms with Gasteiger partial charge in [0.05, 0.1) is 23.4 Å². The molecule has 0 saturated heterocycles. The van der Waals surface area contributed by atoms with Crippen LogP contribution in [-0.4, -0.2) is 28.0 Å². The first-order chi connectivity index (χ1) is 10.6. The van der Waals surface area contributed by atoms with E-state index in [9.17, 15) is 4.79 Å². The number of benzene rings is 1. The normalized spacial score (nSPS) is 10.9. The summed E-state index contributed by atoms with van der Waals surface area (Å²) in [7, 11) is 1.32. The van der Waals surface area contributed by atoms with Crippen molar-refractivity contribution in [1.82, 2.24) is 15.0 Å². The number of carbonyl (C=O) groups is 1. The second kappa shape index (κ2) is 6.16. The molecule has 0 aliphatic heterocycles. The number of methoxy groups -OCH3 is 1. The van der Waals surface area contributed by atoms with Crippen LogP contribution in [0.15, 0.2) is 40.5 Å². The van der Waals surface area contributed by atoms with Crippen LogP contribution in [0, 0.1) is 0 Å². The average molecular weight is 354 g/mol. The van der Waals surface area contributed by atoms with Gasteiger partial charge >= 0.3 is 5.97 Å². The van der Waals surface area contributed by atoms with Crippen LogP contribution in [0.2, 0.25) is 10.0 Å². The van der Waals surface area contributed by atoms with E-state index >= 15 is 0 Å². The second-order valence-electron chi connectivity index (χ2n) is 4.25. The quantitative estimate of drug-likeness (QED) is 0.714. The second-order valence-corrected chi connectivity index (χ2v) is 6.10. The van der Waals surface area contributed by atoms with Crippen LogP contribution < -0.4 is 0 Å². The van der Waals surface area contributed by atoms with Gasteiger partial charge in [-0.25, -0.2) is 14.8 Å². The summed E-state index contributed by atoms with van der Waals surface area (Å²) in [5.74, 6) is -0.469. The van der Waals surface area contributed by atoms with Crippen molar-refractivity contribution in [2.75, 3.05) is 7.11 Å². The third-order valence-corrected chi connectivity index (χ3v) is 4.79. The number of halogens is 2. The maximum Gasteiger partial charge on any atom is 0.341 e. The summed E-state index contributed by atoms with van der Waals surface area (Å²) in [4.78, 5) is 24.0. The zero-order valence-corrected chi connectivity index (χ0v) is 13.6. The third-order valence-electron chi connectivity index (χ3n) is 2.89. The fourth-order valence-electron chi connectivity index (χ4n) is 1.87. The minimum Gasteiger partial charge on any atom is -0.465 e. The maximum absolute atomic E-state index is 11.7. The number of carbonyl (C=O) groups excluding carboxylic acids is 1. The summed E-state index contributed by atoms with van der Waals surface area (Å²) in [6.07, 6.45) is 3.12. The Hall–Kier alpha value is -1.76. The van der Waals surface area contributed by atoms with Crippen molar-refractivity contribution in [2.24, 2.45) is 0 Å². The highest BCUT2D eigenvalue weighted by molar-refractivity contribution is 7.99. The molecule has 0 bridgehead atoms. The van der Waals surface area contributed by atoms with E-state index in [-0.39, 0.29) is 0 Å². The molecular formula is C14H9Cl2N3O2S. The Bertz CT molecular complexity index is 866. The average Bonchev–Trinajstić information content (AvgIpc) is 2.94. The Morgan fingerprint density at radius 1 is 1.36 bits per heavy atom. The van der Waals surface area contributed by atoms with Gasteiger partial charge in [0, 0.05) is 11.1 Å². The molecule has 1 N–H and O–H groups in total.